The molecule has 10 aromatic rings. The third kappa shape index (κ3) is 4.44. The summed E-state index contributed by atoms with van der Waals surface area (Å²) in [6.45, 7) is 0. The first-order valence-electron chi connectivity index (χ1n) is 16.6. The molecule has 0 bridgehead atoms. The van der Waals surface area contributed by atoms with E-state index in [1.165, 1.54) is 10.8 Å². The third-order valence-electron chi connectivity index (χ3n) is 9.67. The number of para-hydroxylation sites is 3. The van der Waals surface area contributed by atoms with Gasteiger partial charge in [0.15, 0.2) is 0 Å². The minimum absolute atomic E-state index is 0.894. The molecule has 0 atom stereocenters. The van der Waals surface area contributed by atoms with Crippen molar-refractivity contribution in [3.8, 4) is 22.3 Å². The highest BCUT2D eigenvalue weighted by molar-refractivity contribution is 6.13. The van der Waals surface area contributed by atoms with Crippen LogP contribution in [-0.2, 0) is 0 Å². The van der Waals surface area contributed by atoms with Crippen LogP contribution in [0, 0.1) is 0 Å². The predicted molar refractivity (Wildman–Crippen MR) is 204 cm³/mol. The predicted octanol–water partition coefficient (Wildman–Crippen LogP) is 13.4. The molecule has 10 rings (SSSR count). The average molecular weight is 628 g/mol. The van der Waals surface area contributed by atoms with Crippen molar-refractivity contribution in [2.75, 3.05) is 4.90 Å². The first kappa shape index (κ1) is 27.5. The van der Waals surface area contributed by atoms with Gasteiger partial charge in [-0.3, -0.25) is 0 Å². The van der Waals surface area contributed by atoms with Crippen LogP contribution in [0.15, 0.2) is 185 Å². The molecule has 0 radical (unpaired) electrons. The Labute approximate surface area is 282 Å². The second kappa shape index (κ2) is 11.0. The van der Waals surface area contributed by atoms with Crippen LogP contribution in [0.3, 0.4) is 0 Å². The molecule has 49 heavy (non-hydrogen) atoms. The first-order valence-corrected chi connectivity index (χ1v) is 16.6. The lowest BCUT2D eigenvalue weighted by atomic mass is 9.98. The third-order valence-corrected chi connectivity index (χ3v) is 9.67. The summed E-state index contributed by atoms with van der Waals surface area (Å²) in [6, 6.07) is 62.1. The van der Waals surface area contributed by atoms with E-state index in [4.69, 9.17) is 8.83 Å². The molecule has 2 heterocycles. The average Bonchev–Trinajstić information content (AvgIpc) is 3.74. The molecule has 0 amide bonds. The molecule has 8 aromatic carbocycles. The lowest BCUT2D eigenvalue weighted by Crippen LogP contribution is -2.10. The van der Waals surface area contributed by atoms with Crippen LogP contribution in [0.25, 0.3) is 76.9 Å². The zero-order valence-corrected chi connectivity index (χ0v) is 26.5. The standard InChI is InChI=1S/C46H29NO2/c1-2-15-35-30(11-1)12-8-21-41(35)47(33-27-25-31(26-28-33)37-19-9-20-39-38-16-3-5-22-42(38)49-46(37)39)34-14-7-13-32(29-34)36-18-10-24-44-45(36)40-17-4-6-23-43(40)48-44/h1-29H. The van der Waals surface area contributed by atoms with Crippen molar-refractivity contribution >= 4 is 71.7 Å². The highest BCUT2D eigenvalue weighted by atomic mass is 16.3. The number of furan rings is 2. The van der Waals surface area contributed by atoms with Gasteiger partial charge < -0.3 is 13.7 Å². The Morgan fingerprint density at radius 3 is 1.88 bits per heavy atom. The summed E-state index contributed by atoms with van der Waals surface area (Å²) < 4.78 is 12.6. The molecule has 0 unspecified atom stereocenters. The van der Waals surface area contributed by atoms with Gasteiger partial charge in [0.1, 0.15) is 22.3 Å². The van der Waals surface area contributed by atoms with Gasteiger partial charge in [-0.2, -0.15) is 0 Å². The van der Waals surface area contributed by atoms with Crippen molar-refractivity contribution in [1.82, 2.24) is 0 Å². The fraction of sp³-hybridized carbons (Fsp3) is 0. The minimum Gasteiger partial charge on any atom is -0.456 e. The van der Waals surface area contributed by atoms with Crippen molar-refractivity contribution in [1.29, 1.82) is 0 Å². The first-order chi connectivity index (χ1) is 24.3. The Balaban J connectivity index is 1.14. The summed E-state index contributed by atoms with van der Waals surface area (Å²) in [7, 11) is 0. The van der Waals surface area contributed by atoms with Gasteiger partial charge in [-0.05, 0) is 70.6 Å². The normalized spacial score (nSPS) is 11.7. The van der Waals surface area contributed by atoms with E-state index < -0.39 is 0 Å². The smallest absolute Gasteiger partial charge is 0.143 e. The van der Waals surface area contributed by atoms with Crippen LogP contribution in [0.1, 0.15) is 0 Å². The van der Waals surface area contributed by atoms with Gasteiger partial charge in [0.2, 0.25) is 0 Å². The summed E-state index contributed by atoms with van der Waals surface area (Å²) in [5, 5.41) is 6.91. The van der Waals surface area contributed by atoms with E-state index in [-0.39, 0.29) is 0 Å². The Hall–Kier alpha value is -6.58. The van der Waals surface area contributed by atoms with Gasteiger partial charge in [0.05, 0.1) is 5.69 Å². The van der Waals surface area contributed by atoms with Crippen LogP contribution in [0.4, 0.5) is 17.1 Å². The van der Waals surface area contributed by atoms with E-state index in [0.29, 0.717) is 0 Å². The van der Waals surface area contributed by atoms with Crippen molar-refractivity contribution in [2.24, 2.45) is 0 Å². The van der Waals surface area contributed by atoms with E-state index >= 15 is 0 Å². The molecule has 0 aliphatic rings. The summed E-state index contributed by atoms with van der Waals surface area (Å²) in [5.41, 5.74) is 11.4. The van der Waals surface area contributed by atoms with Gasteiger partial charge in [-0.15, -0.1) is 0 Å². The van der Waals surface area contributed by atoms with Crippen LogP contribution in [-0.4, -0.2) is 0 Å². The van der Waals surface area contributed by atoms with Crippen molar-refractivity contribution in [2.45, 2.75) is 0 Å². The molecule has 3 nitrogen and oxygen atoms in total. The molecule has 3 heteroatoms. The fourth-order valence-electron chi connectivity index (χ4n) is 7.42. The van der Waals surface area contributed by atoms with E-state index in [1.807, 2.05) is 24.3 Å². The topological polar surface area (TPSA) is 29.5 Å². The number of hydrogen-bond acceptors (Lipinski definition) is 3. The van der Waals surface area contributed by atoms with Crippen LogP contribution < -0.4 is 4.90 Å². The van der Waals surface area contributed by atoms with Gasteiger partial charge in [-0.1, -0.05) is 127 Å². The molecule has 0 aliphatic carbocycles. The van der Waals surface area contributed by atoms with Crippen LogP contribution in [0.2, 0.25) is 0 Å². The zero-order chi connectivity index (χ0) is 32.3. The maximum absolute atomic E-state index is 6.39. The van der Waals surface area contributed by atoms with Gasteiger partial charge in [0.25, 0.3) is 0 Å². The number of fused-ring (bicyclic) bond motifs is 7. The highest BCUT2D eigenvalue weighted by Crippen LogP contribution is 2.43. The number of hydrogen-bond donors (Lipinski definition) is 0. The van der Waals surface area contributed by atoms with E-state index in [2.05, 4.69) is 157 Å². The van der Waals surface area contributed by atoms with Gasteiger partial charge >= 0.3 is 0 Å². The van der Waals surface area contributed by atoms with Crippen molar-refractivity contribution in [3.63, 3.8) is 0 Å². The molecule has 0 spiro atoms. The molecule has 230 valence electrons. The minimum atomic E-state index is 0.894. The van der Waals surface area contributed by atoms with E-state index in [1.54, 1.807) is 0 Å². The second-order valence-corrected chi connectivity index (χ2v) is 12.5. The molecule has 0 N–H and O–H groups in total. The second-order valence-electron chi connectivity index (χ2n) is 12.5. The monoisotopic (exact) mass is 627 g/mol. The lowest BCUT2D eigenvalue weighted by Gasteiger charge is -2.27. The van der Waals surface area contributed by atoms with Crippen LogP contribution >= 0.6 is 0 Å². The SMILES string of the molecule is c1cc(-c2cccc3oc4ccccc4c23)cc(N(c2ccc(-c3cccc4c3oc3ccccc34)cc2)c2cccc3ccccc23)c1. The summed E-state index contributed by atoms with van der Waals surface area (Å²) in [6.07, 6.45) is 0. The zero-order valence-electron chi connectivity index (χ0n) is 26.5. The number of benzene rings is 8. The Kier molecular flexibility index (Phi) is 6.18. The number of anilines is 3. The quantitative estimate of drug-likeness (QED) is 0.190. The molecule has 0 saturated carbocycles. The molecule has 0 fully saturated rings. The number of rotatable bonds is 5. The summed E-state index contributed by atoms with van der Waals surface area (Å²) in [4.78, 5) is 2.37. The molecule has 0 aliphatic heterocycles. The molecular weight excluding hydrogens is 599 g/mol. The largest absolute Gasteiger partial charge is 0.456 e. The Bertz CT molecular complexity index is 2830. The van der Waals surface area contributed by atoms with Crippen LogP contribution in [0.5, 0.6) is 0 Å². The fourth-order valence-corrected chi connectivity index (χ4v) is 7.42. The van der Waals surface area contributed by atoms with E-state index in [0.717, 1.165) is 83.2 Å². The van der Waals surface area contributed by atoms with E-state index in [9.17, 15) is 0 Å². The maximum atomic E-state index is 6.39. The molecular formula is C46H29NO2. The summed E-state index contributed by atoms with van der Waals surface area (Å²) in [5.74, 6) is 0. The summed E-state index contributed by atoms with van der Waals surface area (Å²) >= 11 is 0. The van der Waals surface area contributed by atoms with Crippen molar-refractivity contribution < 1.29 is 8.83 Å². The van der Waals surface area contributed by atoms with Gasteiger partial charge in [0, 0.05) is 43.9 Å². The number of nitrogens with zero attached hydrogens (tertiary/aromatic N) is 1. The highest BCUT2D eigenvalue weighted by Gasteiger charge is 2.19. The lowest BCUT2D eigenvalue weighted by molar-refractivity contribution is 0.669. The molecule has 0 saturated heterocycles. The van der Waals surface area contributed by atoms with Gasteiger partial charge in [-0.25, -0.2) is 0 Å². The molecule has 2 aromatic heterocycles. The maximum Gasteiger partial charge on any atom is 0.143 e. The van der Waals surface area contributed by atoms with Crippen molar-refractivity contribution in [3.05, 3.63) is 176 Å². The Morgan fingerprint density at radius 1 is 0.367 bits per heavy atom. The Morgan fingerprint density at radius 2 is 1.00 bits per heavy atom.